The van der Waals surface area contributed by atoms with E-state index in [-0.39, 0.29) is 10.8 Å². The first-order valence-electron chi connectivity index (χ1n) is 19.3. The van der Waals surface area contributed by atoms with Gasteiger partial charge in [0.15, 0.2) is 0 Å². The van der Waals surface area contributed by atoms with Crippen LogP contribution >= 0.6 is 0 Å². The summed E-state index contributed by atoms with van der Waals surface area (Å²) in [6.45, 7) is 14.0. The molecule has 0 saturated carbocycles. The second-order valence-corrected chi connectivity index (χ2v) is 17.0. The fourth-order valence-electron chi connectivity index (χ4n) is 8.85. The second-order valence-electron chi connectivity index (χ2n) is 17.0. The van der Waals surface area contributed by atoms with Crippen LogP contribution in [0.15, 0.2) is 164 Å². The molecule has 0 N–H and O–H groups in total. The molecule has 0 fully saturated rings. The van der Waals surface area contributed by atoms with Gasteiger partial charge in [-0.2, -0.15) is 0 Å². The number of para-hydroxylation sites is 2. The molecule has 7 aromatic rings. The molecule has 2 aliphatic carbocycles. The molecule has 7 aromatic carbocycles. The van der Waals surface area contributed by atoms with Gasteiger partial charge in [-0.05, 0) is 114 Å². The predicted octanol–water partition coefficient (Wildman–Crippen LogP) is 14.3. The maximum absolute atomic E-state index is 2.52. The summed E-state index contributed by atoms with van der Waals surface area (Å²) in [6.07, 6.45) is 4.60. The zero-order valence-corrected chi connectivity index (χ0v) is 32.2. The first-order valence-corrected chi connectivity index (χ1v) is 19.3. The van der Waals surface area contributed by atoms with Crippen molar-refractivity contribution < 1.29 is 0 Å². The van der Waals surface area contributed by atoms with E-state index in [0.29, 0.717) is 0 Å². The normalized spacial score (nSPS) is 13.8. The number of rotatable bonds is 5. The van der Waals surface area contributed by atoms with E-state index in [9.17, 15) is 0 Å². The van der Waals surface area contributed by atoms with E-state index >= 15 is 0 Å². The third-order valence-corrected chi connectivity index (χ3v) is 11.6. The molecule has 0 bridgehead atoms. The molecule has 0 unspecified atom stereocenters. The van der Waals surface area contributed by atoms with Crippen LogP contribution in [0.25, 0.3) is 34.4 Å². The van der Waals surface area contributed by atoms with Crippen molar-refractivity contribution in [3.63, 3.8) is 0 Å². The third kappa shape index (κ3) is 5.37. The minimum Gasteiger partial charge on any atom is -0.311 e. The number of fused-ring (bicyclic) bond motifs is 10. The Morgan fingerprint density at radius 2 is 0.907 bits per heavy atom. The van der Waals surface area contributed by atoms with E-state index in [0.717, 1.165) is 17.1 Å². The Balaban J connectivity index is 1.19. The lowest BCUT2D eigenvalue weighted by atomic mass is 9.68. The Labute approximate surface area is 321 Å². The van der Waals surface area contributed by atoms with Crippen LogP contribution in [-0.2, 0) is 16.2 Å². The van der Waals surface area contributed by atoms with Gasteiger partial charge in [0.25, 0.3) is 0 Å². The van der Waals surface area contributed by atoms with Gasteiger partial charge in [0.1, 0.15) is 0 Å². The summed E-state index contributed by atoms with van der Waals surface area (Å²) in [7, 11) is 0. The van der Waals surface area contributed by atoms with Crippen LogP contribution < -0.4 is 4.90 Å². The van der Waals surface area contributed by atoms with Gasteiger partial charge in [-0.3, -0.25) is 0 Å². The second kappa shape index (κ2) is 12.6. The maximum atomic E-state index is 2.52. The van der Waals surface area contributed by atoms with E-state index in [1.165, 1.54) is 66.8 Å². The largest absolute Gasteiger partial charge is 0.311 e. The van der Waals surface area contributed by atoms with Crippen molar-refractivity contribution in [2.24, 2.45) is 0 Å². The summed E-state index contributed by atoms with van der Waals surface area (Å²) in [5.41, 5.74) is 19.1. The Kier molecular flexibility index (Phi) is 7.91. The van der Waals surface area contributed by atoms with Gasteiger partial charge in [0.05, 0.1) is 5.41 Å². The van der Waals surface area contributed by atoms with Crippen molar-refractivity contribution in [3.8, 4) is 22.3 Å². The molecular formula is C53H47N. The summed E-state index contributed by atoms with van der Waals surface area (Å²) in [5, 5.41) is 0. The van der Waals surface area contributed by atoms with Crippen LogP contribution in [0.4, 0.5) is 17.1 Å². The van der Waals surface area contributed by atoms with Crippen LogP contribution in [0.3, 0.4) is 0 Å². The zero-order valence-electron chi connectivity index (χ0n) is 32.2. The molecular weight excluding hydrogens is 651 g/mol. The molecule has 0 saturated heterocycles. The molecule has 9 rings (SSSR count). The minimum absolute atomic E-state index is 0.0296. The van der Waals surface area contributed by atoms with Crippen molar-refractivity contribution in [1.29, 1.82) is 0 Å². The lowest BCUT2D eigenvalue weighted by Gasteiger charge is -2.32. The highest BCUT2D eigenvalue weighted by atomic mass is 15.1. The Hall–Kier alpha value is -5.92. The van der Waals surface area contributed by atoms with Crippen LogP contribution in [0.5, 0.6) is 0 Å². The molecule has 0 radical (unpaired) electrons. The number of anilines is 3. The monoisotopic (exact) mass is 697 g/mol. The molecule has 1 nitrogen and oxygen atoms in total. The summed E-state index contributed by atoms with van der Waals surface area (Å²) < 4.78 is 0. The summed E-state index contributed by atoms with van der Waals surface area (Å²) >= 11 is 0. The SMILES string of the molecule is CC(C)(C)c1ccc2c(c1)C1(c3cc(C(C)(C)C)ccc3-2)c2ccccc2-c2c(/C=C/c3ccc(N(c4ccccc4)c4ccccc4)cc3)cccc21. The highest BCUT2D eigenvalue weighted by molar-refractivity contribution is 5.98. The predicted molar refractivity (Wildman–Crippen MR) is 230 cm³/mol. The van der Waals surface area contributed by atoms with Crippen molar-refractivity contribution >= 4 is 29.2 Å². The van der Waals surface area contributed by atoms with Crippen molar-refractivity contribution in [2.45, 2.75) is 57.8 Å². The number of benzene rings is 7. The smallest absolute Gasteiger partial charge is 0.0725 e. The average molecular weight is 698 g/mol. The van der Waals surface area contributed by atoms with E-state index in [2.05, 4.69) is 222 Å². The van der Waals surface area contributed by atoms with Crippen LogP contribution in [0.2, 0.25) is 0 Å². The Bertz CT molecular complexity index is 2440. The van der Waals surface area contributed by atoms with Gasteiger partial charge in [-0.1, -0.05) is 181 Å². The summed E-state index contributed by atoms with van der Waals surface area (Å²) in [6, 6.07) is 60.8. The minimum atomic E-state index is -0.400. The molecule has 264 valence electrons. The van der Waals surface area contributed by atoms with Gasteiger partial charge in [0.2, 0.25) is 0 Å². The fraction of sp³-hybridized carbons (Fsp3) is 0.170. The van der Waals surface area contributed by atoms with Gasteiger partial charge in [-0.15, -0.1) is 0 Å². The van der Waals surface area contributed by atoms with Gasteiger partial charge in [-0.25, -0.2) is 0 Å². The van der Waals surface area contributed by atoms with E-state index in [1.54, 1.807) is 0 Å². The van der Waals surface area contributed by atoms with Crippen molar-refractivity contribution in [1.82, 2.24) is 0 Å². The Morgan fingerprint density at radius 1 is 0.407 bits per heavy atom. The highest BCUT2D eigenvalue weighted by Gasteiger charge is 2.52. The first-order chi connectivity index (χ1) is 26.0. The molecule has 1 spiro atoms. The molecule has 0 amide bonds. The molecule has 0 atom stereocenters. The van der Waals surface area contributed by atoms with Crippen molar-refractivity contribution in [3.05, 3.63) is 208 Å². The van der Waals surface area contributed by atoms with Crippen LogP contribution in [0.1, 0.15) is 86.1 Å². The summed E-state index contributed by atoms with van der Waals surface area (Å²) in [4.78, 5) is 2.31. The van der Waals surface area contributed by atoms with E-state index in [4.69, 9.17) is 0 Å². The molecule has 54 heavy (non-hydrogen) atoms. The maximum Gasteiger partial charge on any atom is 0.0725 e. The molecule has 1 heteroatoms. The number of hydrogen-bond donors (Lipinski definition) is 0. The highest BCUT2D eigenvalue weighted by Crippen LogP contribution is 2.64. The van der Waals surface area contributed by atoms with Crippen LogP contribution in [0, 0.1) is 0 Å². The molecule has 2 aliphatic rings. The zero-order chi connectivity index (χ0) is 37.2. The fourth-order valence-corrected chi connectivity index (χ4v) is 8.85. The standard InChI is InChI=1S/C53H47N/c1-51(2,3)38-28-32-43-44-33-29-39(52(4,5)6)35-49(44)53(48(43)34-38)46-22-14-13-21-45(46)50-37(16-15-23-47(50)53)27-24-36-25-30-42(31-26-36)54(40-17-9-7-10-18-40)41-19-11-8-12-20-41/h7-35H,1-6H3/b27-24+. The molecule has 0 heterocycles. The summed E-state index contributed by atoms with van der Waals surface area (Å²) in [5.74, 6) is 0. The third-order valence-electron chi connectivity index (χ3n) is 11.6. The van der Waals surface area contributed by atoms with E-state index < -0.39 is 5.41 Å². The van der Waals surface area contributed by atoms with Crippen LogP contribution in [-0.4, -0.2) is 0 Å². The average Bonchev–Trinajstić information content (AvgIpc) is 3.65. The lowest BCUT2D eigenvalue weighted by Crippen LogP contribution is -2.27. The van der Waals surface area contributed by atoms with Gasteiger partial charge in [0, 0.05) is 17.1 Å². The Morgan fingerprint density at radius 3 is 1.46 bits per heavy atom. The lowest BCUT2D eigenvalue weighted by molar-refractivity contribution is 0.586. The topological polar surface area (TPSA) is 3.24 Å². The number of nitrogens with zero attached hydrogens (tertiary/aromatic N) is 1. The number of hydrogen-bond acceptors (Lipinski definition) is 1. The molecule has 0 aromatic heterocycles. The van der Waals surface area contributed by atoms with E-state index in [1.807, 2.05) is 0 Å². The van der Waals surface area contributed by atoms with Crippen molar-refractivity contribution in [2.75, 3.05) is 4.90 Å². The first kappa shape index (κ1) is 33.9. The van der Waals surface area contributed by atoms with Gasteiger partial charge >= 0.3 is 0 Å². The van der Waals surface area contributed by atoms with Gasteiger partial charge < -0.3 is 4.90 Å². The molecule has 0 aliphatic heterocycles. The quantitative estimate of drug-likeness (QED) is 0.162.